The highest BCUT2D eigenvalue weighted by Crippen LogP contribution is 2.29. The number of carbonyl (C=O) groups is 1. The first-order chi connectivity index (χ1) is 10.3. The maximum Gasteiger partial charge on any atom is 0.274 e. The molecular formula is C15H28N6O. The highest BCUT2D eigenvalue weighted by atomic mass is 16.2. The zero-order valence-electron chi connectivity index (χ0n) is 14.7. The van der Waals surface area contributed by atoms with Gasteiger partial charge in [0.25, 0.3) is 5.91 Å². The molecule has 1 amide bonds. The number of hydrogen-bond donors (Lipinski definition) is 1. The first kappa shape index (κ1) is 16.8. The van der Waals surface area contributed by atoms with Gasteiger partial charge in [-0.05, 0) is 34.1 Å². The number of anilines is 1. The molecule has 2 heterocycles. The first-order valence-corrected chi connectivity index (χ1v) is 7.84. The average molecular weight is 308 g/mol. The largest absolute Gasteiger partial charge is 0.325 e. The van der Waals surface area contributed by atoms with Gasteiger partial charge in [0, 0.05) is 14.1 Å². The molecular weight excluding hydrogens is 280 g/mol. The Labute approximate surface area is 132 Å². The third kappa shape index (κ3) is 2.59. The number of hydrogen-bond acceptors (Lipinski definition) is 5. The SMILES string of the molecule is CCN(CC)C(C)c1nc2c(n1C)C(=O)NC(N(C)C)N2C. The first-order valence-electron chi connectivity index (χ1n) is 7.84. The standard InChI is InChI=1S/C15H28N6O/c1-8-21(9-2)10(3)12-16-13-11(19(12)6)14(22)17-15(18(4)5)20(13)7/h10,15H,8-9H2,1-7H3,(H,17,22). The number of nitrogens with zero attached hydrogens (tertiary/aromatic N) is 5. The molecule has 124 valence electrons. The monoisotopic (exact) mass is 308 g/mol. The molecule has 1 aromatic heterocycles. The van der Waals surface area contributed by atoms with Crippen molar-refractivity contribution in [2.75, 3.05) is 39.1 Å². The van der Waals surface area contributed by atoms with E-state index in [0.717, 1.165) is 24.7 Å². The van der Waals surface area contributed by atoms with E-state index in [1.165, 1.54) is 0 Å². The van der Waals surface area contributed by atoms with E-state index < -0.39 is 0 Å². The van der Waals surface area contributed by atoms with Crippen LogP contribution in [0.1, 0.15) is 43.1 Å². The van der Waals surface area contributed by atoms with Gasteiger partial charge in [0.1, 0.15) is 5.82 Å². The fraction of sp³-hybridized carbons (Fsp3) is 0.733. The molecule has 0 fully saturated rings. The number of carbonyl (C=O) groups excluding carboxylic acids is 1. The van der Waals surface area contributed by atoms with Crippen LogP contribution in [-0.4, -0.2) is 65.8 Å². The van der Waals surface area contributed by atoms with Crippen molar-refractivity contribution < 1.29 is 4.79 Å². The van der Waals surface area contributed by atoms with E-state index in [0.29, 0.717) is 5.69 Å². The molecule has 7 heteroatoms. The smallest absolute Gasteiger partial charge is 0.274 e. The summed E-state index contributed by atoms with van der Waals surface area (Å²) in [5.74, 6) is 1.61. The number of imidazole rings is 1. The van der Waals surface area contributed by atoms with Gasteiger partial charge in [-0.15, -0.1) is 0 Å². The Balaban J connectivity index is 2.45. The van der Waals surface area contributed by atoms with Crippen LogP contribution in [0.4, 0.5) is 5.82 Å². The summed E-state index contributed by atoms with van der Waals surface area (Å²) >= 11 is 0. The summed E-state index contributed by atoms with van der Waals surface area (Å²) in [5, 5.41) is 3.01. The normalized spacial score (nSPS) is 19.6. The third-order valence-electron chi connectivity index (χ3n) is 4.51. The summed E-state index contributed by atoms with van der Waals surface area (Å²) < 4.78 is 1.93. The van der Waals surface area contributed by atoms with Gasteiger partial charge in [-0.25, -0.2) is 4.98 Å². The lowest BCUT2D eigenvalue weighted by atomic mass is 10.2. The van der Waals surface area contributed by atoms with Crippen molar-refractivity contribution in [3.05, 3.63) is 11.5 Å². The van der Waals surface area contributed by atoms with Crippen LogP contribution in [0.2, 0.25) is 0 Å². The number of fused-ring (bicyclic) bond motifs is 1. The maximum absolute atomic E-state index is 12.5. The predicted molar refractivity (Wildman–Crippen MR) is 87.9 cm³/mol. The van der Waals surface area contributed by atoms with Crippen molar-refractivity contribution in [1.82, 2.24) is 24.7 Å². The van der Waals surface area contributed by atoms with E-state index in [4.69, 9.17) is 4.98 Å². The minimum atomic E-state index is -0.175. The lowest BCUT2D eigenvalue weighted by Gasteiger charge is -2.37. The van der Waals surface area contributed by atoms with Crippen molar-refractivity contribution in [3.63, 3.8) is 0 Å². The maximum atomic E-state index is 12.5. The molecule has 0 bridgehead atoms. The van der Waals surface area contributed by atoms with Gasteiger partial charge >= 0.3 is 0 Å². The number of rotatable bonds is 5. The van der Waals surface area contributed by atoms with Crippen molar-refractivity contribution in [1.29, 1.82) is 0 Å². The summed E-state index contributed by atoms with van der Waals surface area (Å²) in [6.45, 7) is 8.34. The number of amides is 1. The van der Waals surface area contributed by atoms with Crippen LogP contribution < -0.4 is 10.2 Å². The minimum Gasteiger partial charge on any atom is -0.325 e. The Morgan fingerprint density at radius 2 is 1.86 bits per heavy atom. The molecule has 1 N–H and O–H groups in total. The molecule has 2 atom stereocenters. The van der Waals surface area contributed by atoms with Gasteiger partial charge in [0.15, 0.2) is 17.8 Å². The molecule has 0 saturated carbocycles. The topological polar surface area (TPSA) is 56.6 Å². The van der Waals surface area contributed by atoms with Gasteiger partial charge in [-0.1, -0.05) is 13.8 Å². The number of nitrogens with one attached hydrogen (secondary N) is 1. The molecule has 2 unspecified atom stereocenters. The minimum absolute atomic E-state index is 0.0696. The third-order valence-corrected chi connectivity index (χ3v) is 4.51. The van der Waals surface area contributed by atoms with Gasteiger partial charge in [-0.2, -0.15) is 0 Å². The fourth-order valence-electron chi connectivity index (χ4n) is 3.18. The lowest BCUT2D eigenvalue weighted by molar-refractivity contribution is 0.0864. The molecule has 1 aliphatic rings. The van der Waals surface area contributed by atoms with Crippen LogP contribution >= 0.6 is 0 Å². The Hall–Kier alpha value is -1.60. The van der Waals surface area contributed by atoms with Gasteiger partial charge < -0.3 is 14.8 Å². The molecule has 0 spiro atoms. The lowest BCUT2D eigenvalue weighted by Crippen LogP contribution is -2.58. The van der Waals surface area contributed by atoms with Gasteiger partial charge in [0.05, 0.1) is 6.04 Å². The average Bonchev–Trinajstić information content (AvgIpc) is 2.82. The molecule has 0 aromatic carbocycles. The van der Waals surface area contributed by atoms with Crippen LogP contribution in [0, 0.1) is 0 Å². The van der Waals surface area contributed by atoms with Crippen molar-refractivity contribution in [3.8, 4) is 0 Å². The molecule has 0 saturated heterocycles. The van der Waals surface area contributed by atoms with Crippen molar-refractivity contribution in [2.45, 2.75) is 33.1 Å². The molecule has 2 rings (SSSR count). The second-order valence-corrected chi connectivity index (χ2v) is 6.02. The summed E-state index contributed by atoms with van der Waals surface area (Å²) in [6, 6.07) is 0.171. The Bertz CT molecular complexity index is 548. The van der Waals surface area contributed by atoms with Crippen LogP contribution in [-0.2, 0) is 7.05 Å². The zero-order valence-corrected chi connectivity index (χ0v) is 14.7. The Kier molecular flexibility index (Phi) is 4.77. The predicted octanol–water partition coefficient (Wildman–Crippen LogP) is 0.848. The van der Waals surface area contributed by atoms with Gasteiger partial charge in [-0.3, -0.25) is 14.6 Å². The fourth-order valence-corrected chi connectivity index (χ4v) is 3.18. The van der Waals surface area contributed by atoms with Crippen molar-refractivity contribution in [2.24, 2.45) is 7.05 Å². The van der Waals surface area contributed by atoms with E-state index in [1.54, 1.807) is 0 Å². The van der Waals surface area contributed by atoms with E-state index in [9.17, 15) is 4.79 Å². The highest BCUT2D eigenvalue weighted by molar-refractivity contribution is 5.99. The quantitative estimate of drug-likeness (QED) is 0.874. The van der Waals surface area contributed by atoms with Crippen LogP contribution in [0.5, 0.6) is 0 Å². The summed E-state index contributed by atoms with van der Waals surface area (Å²) in [4.78, 5) is 23.6. The second kappa shape index (κ2) is 6.26. The van der Waals surface area contributed by atoms with E-state index in [2.05, 4.69) is 31.0 Å². The summed E-state index contributed by atoms with van der Waals surface area (Å²) in [7, 11) is 7.76. The highest BCUT2D eigenvalue weighted by Gasteiger charge is 2.35. The second-order valence-electron chi connectivity index (χ2n) is 6.02. The zero-order chi connectivity index (χ0) is 16.6. The van der Waals surface area contributed by atoms with Gasteiger partial charge in [0.2, 0.25) is 0 Å². The van der Waals surface area contributed by atoms with Crippen LogP contribution in [0.25, 0.3) is 0 Å². The van der Waals surface area contributed by atoms with Crippen LogP contribution in [0.3, 0.4) is 0 Å². The molecule has 22 heavy (non-hydrogen) atoms. The molecule has 0 radical (unpaired) electrons. The molecule has 7 nitrogen and oxygen atoms in total. The number of aromatic nitrogens is 2. The van der Waals surface area contributed by atoms with E-state index in [-0.39, 0.29) is 18.2 Å². The van der Waals surface area contributed by atoms with E-state index >= 15 is 0 Å². The molecule has 0 aliphatic carbocycles. The summed E-state index contributed by atoms with van der Waals surface area (Å²) in [6.07, 6.45) is -0.175. The molecule has 1 aromatic rings. The van der Waals surface area contributed by atoms with Crippen molar-refractivity contribution >= 4 is 11.7 Å². The van der Waals surface area contributed by atoms with Crippen LogP contribution in [0.15, 0.2) is 0 Å². The molecule has 1 aliphatic heterocycles. The Morgan fingerprint density at radius 1 is 1.27 bits per heavy atom. The van der Waals surface area contributed by atoms with E-state index in [1.807, 2.05) is 42.6 Å². The summed E-state index contributed by atoms with van der Waals surface area (Å²) in [5.41, 5.74) is 0.634. The Morgan fingerprint density at radius 3 is 2.36 bits per heavy atom.